The Morgan fingerprint density at radius 1 is 1.42 bits per heavy atom. The monoisotopic (exact) mass is 202 g/mol. The van der Waals surface area contributed by atoms with E-state index in [1.165, 1.54) is 6.92 Å². The summed E-state index contributed by atoms with van der Waals surface area (Å²) in [5.74, 6) is -3.24. The van der Waals surface area contributed by atoms with Crippen molar-refractivity contribution in [3.8, 4) is 0 Å². The van der Waals surface area contributed by atoms with Crippen molar-refractivity contribution in [2.75, 3.05) is 0 Å². The minimum absolute atomic E-state index is 0.158. The first kappa shape index (κ1) is 12.0. The van der Waals surface area contributed by atoms with Gasteiger partial charge in [0.1, 0.15) is 0 Å². The van der Waals surface area contributed by atoms with E-state index >= 15 is 0 Å². The minimum atomic E-state index is -4.81. The fourth-order valence-electron chi connectivity index (χ4n) is 0.585. The average molecular weight is 202 g/mol. The zero-order valence-electron chi connectivity index (χ0n) is 6.28. The van der Waals surface area contributed by atoms with E-state index in [2.05, 4.69) is 4.52 Å². The summed E-state index contributed by atoms with van der Waals surface area (Å²) >= 11 is 0. The van der Waals surface area contributed by atoms with Gasteiger partial charge in [0.15, 0.2) is 6.10 Å². The maximum Gasteiger partial charge on any atom is 0.470 e. The molecule has 0 aliphatic heterocycles. The van der Waals surface area contributed by atoms with Crippen LogP contribution < -0.4 is 0 Å². The van der Waals surface area contributed by atoms with E-state index in [0.717, 1.165) is 0 Å². The van der Waals surface area contributed by atoms with Crippen LogP contribution in [0.2, 0.25) is 0 Å². The Balaban J connectivity index is 4.30. The van der Waals surface area contributed by atoms with Gasteiger partial charge in [-0.1, -0.05) is 6.92 Å². The number of hydrogen-bond donors (Lipinski definition) is 5. The summed E-state index contributed by atoms with van der Waals surface area (Å²) < 4.78 is 14.1. The molecule has 8 heteroatoms. The highest BCUT2D eigenvalue weighted by atomic mass is 31.2. The molecule has 74 valence electrons. The minimum Gasteiger partial charge on any atom is -0.342 e. The molecule has 12 heavy (non-hydrogen) atoms. The second-order valence-corrected chi connectivity index (χ2v) is 3.37. The van der Waals surface area contributed by atoms with Crippen LogP contribution in [-0.4, -0.2) is 37.2 Å². The van der Waals surface area contributed by atoms with Crippen molar-refractivity contribution in [1.82, 2.24) is 0 Å². The van der Waals surface area contributed by atoms with Crippen molar-refractivity contribution in [3.63, 3.8) is 0 Å². The Hall–Kier alpha value is -0.0100. The van der Waals surface area contributed by atoms with Crippen LogP contribution in [0, 0.1) is 0 Å². The molecule has 0 bridgehead atoms. The van der Waals surface area contributed by atoms with Crippen molar-refractivity contribution < 1.29 is 34.2 Å². The molecule has 0 saturated carbocycles. The summed E-state index contributed by atoms with van der Waals surface area (Å²) in [4.78, 5) is 16.5. The molecule has 0 aromatic rings. The number of rotatable bonds is 4. The van der Waals surface area contributed by atoms with Crippen molar-refractivity contribution >= 4 is 7.82 Å². The largest absolute Gasteiger partial charge is 0.470 e. The quantitative estimate of drug-likeness (QED) is 0.277. The molecule has 7 nitrogen and oxygen atoms in total. The molecule has 0 heterocycles. The summed E-state index contributed by atoms with van der Waals surface area (Å²) in [6.45, 7) is 1.36. The molecule has 0 saturated heterocycles. The van der Waals surface area contributed by atoms with E-state index in [-0.39, 0.29) is 6.42 Å². The topological polar surface area (TPSA) is 127 Å². The zero-order chi connectivity index (χ0) is 9.99. The maximum absolute atomic E-state index is 10.2. The Kier molecular flexibility index (Phi) is 3.80. The van der Waals surface area contributed by atoms with Crippen LogP contribution in [0.5, 0.6) is 0 Å². The van der Waals surface area contributed by atoms with Gasteiger partial charge < -0.3 is 25.1 Å². The highest BCUT2D eigenvalue weighted by Gasteiger charge is 2.36. The Bertz CT molecular complexity index is 178. The third kappa shape index (κ3) is 4.78. The highest BCUT2D eigenvalue weighted by molar-refractivity contribution is 7.46. The van der Waals surface area contributed by atoms with Crippen LogP contribution in [0.15, 0.2) is 0 Å². The molecular weight excluding hydrogens is 191 g/mol. The van der Waals surface area contributed by atoms with Gasteiger partial charge in [0.25, 0.3) is 0 Å². The predicted molar refractivity (Wildman–Crippen MR) is 36.6 cm³/mol. The van der Waals surface area contributed by atoms with Crippen LogP contribution >= 0.6 is 7.82 Å². The smallest absolute Gasteiger partial charge is 0.342 e. The summed E-state index contributed by atoms with van der Waals surface area (Å²) in [5, 5.41) is 25.5. The molecule has 0 fully saturated rings. The fourth-order valence-corrected chi connectivity index (χ4v) is 1.21. The van der Waals surface area contributed by atoms with E-state index in [0.29, 0.717) is 0 Å². The summed E-state index contributed by atoms with van der Waals surface area (Å²) in [7, 11) is -4.81. The Labute approximate surface area is 68.5 Å². The highest BCUT2D eigenvalue weighted by Crippen LogP contribution is 2.39. The molecule has 0 aliphatic carbocycles. The lowest BCUT2D eigenvalue weighted by Crippen LogP contribution is -2.42. The number of hydrogen-bond acceptors (Lipinski definition) is 5. The van der Waals surface area contributed by atoms with Crippen LogP contribution in [0.3, 0.4) is 0 Å². The maximum atomic E-state index is 10.2. The predicted octanol–water partition coefficient (Wildman–Crippen LogP) is -1.50. The second kappa shape index (κ2) is 3.80. The summed E-state index contributed by atoms with van der Waals surface area (Å²) in [5.41, 5.74) is 0. The third-order valence-electron chi connectivity index (χ3n) is 1.07. The molecule has 0 radical (unpaired) electrons. The molecule has 1 atom stereocenters. The van der Waals surface area contributed by atoms with Crippen molar-refractivity contribution in [1.29, 1.82) is 0 Å². The van der Waals surface area contributed by atoms with Gasteiger partial charge in [-0.3, -0.25) is 4.52 Å². The van der Waals surface area contributed by atoms with E-state index in [1.807, 2.05) is 0 Å². The van der Waals surface area contributed by atoms with Gasteiger partial charge in [-0.05, 0) is 6.42 Å². The van der Waals surface area contributed by atoms with Gasteiger partial charge in [-0.25, -0.2) is 4.57 Å². The number of phosphoric acid groups is 1. The summed E-state index contributed by atoms with van der Waals surface area (Å²) in [6.07, 6.45) is -1.90. The van der Waals surface area contributed by atoms with Crippen molar-refractivity contribution in [2.24, 2.45) is 0 Å². The van der Waals surface area contributed by atoms with E-state index in [1.54, 1.807) is 0 Å². The molecule has 0 rings (SSSR count). The lowest BCUT2D eigenvalue weighted by molar-refractivity contribution is -0.351. The normalized spacial score (nSPS) is 16.2. The lowest BCUT2D eigenvalue weighted by Gasteiger charge is -2.24. The molecule has 1 unspecified atom stereocenters. The molecule has 5 N–H and O–H groups in total. The van der Waals surface area contributed by atoms with E-state index < -0.39 is 19.9 Å². The second-order valence-electron chi connectivity index (χ2n) is 2.18. The van der Waals surface area contributed by atoms with Gasteiger partial charge in [0, 0.05) is 0 Å². The molecular formula is C4H11O7P. The molecule has 0 aromatic heterocycles. The van der Waals surface area contributed by atoms with Crippen LogP contribution in [0.1, 0.15) is 13.3 Å². The van der Waals surface area contributed by atoms with Crippen LogP contribution in [0.25, 0.3) is 0 Å². The molecule has 0 aromatic carbocycles. The lowest BCUT2D eigenvalue weighted by atomic mass is 10.2. The van der Waals surface area contributed by atoms with E-state index in [4.69, 9.17) is 25.1 Å². The van der Waals surface area contributed by atoms with Gasteiger partial charge in [-0.15, -0.1) is 0 Å². The van der Waals surface area contributed by atoms with Crippen molar-refractivity contribution in [3.05, 3.63) is 0 Å². The summed E-state index contributed by atoms with van der Waals surface area (Å²) in [6, 6.07) is 0. The van der Waals surface area contributed by atoms with Crippen molar-refractivity contribution in [2.45, 2.75) is 25.4 Å². The van der Waals surface area contributed by atoms with Gasteiger partial charge >= 0.3 is 13.8 Å². The van der Waals surface area contributed by atoms with Gasteiger partial charge in [0.2, 0.25) is 0 Å². The van der Waals surface area contributed by atoms with Gasteiger partial charge in [0.05, 0.1) is 0 Å². The van der Waals surface area contributed by atoms with Crippen LogP contribution in [0.4, 0.5) is 0 Å². The fraction of sp³-hybridized carbons (Fsp3) is 1.00. The average Bonchev–Trinajstić information content (AvgIpc) is 1.78. The Morgan fingerprint density at radius 2 is 1.83 bits per heavy atom. The standard InChI is InChI=1S/C4H11O7P/c1-2-3(4(5,6)7)11-12(8,9)10/h3,5-7H,2H2,1H3,(H2,8,9,10). The molecule has 0 spiro atoms. The van der Waals surface area contributed by atoms with E-state index in [9.17, 15) is 4.57 Å². The first-order chi connectivity index (χ1) is 5.17. The first-order valence-corrected chi connectivity index (χ1v) is 4.61. The van der Waals surface area contributed by atoms with Crippen LogP contribution in [-0.2, 0) is 9.09 Å². The SMILES string of the molecule is CCC(OP(=O)(O)O)C(O)(O)O. The third-order valence-corrected chi connectivity index (χ3v) is 1.60. The number of aliphatic hydroxyl groups is 3. The Morgan fingerprint density at radius 3 is 1.92 bits per heavy atom. The zero-order valence-corrected chi connectivity index (χ0v) is 7.18. The molecule has 0 amide bonds. The first-order valence-electron chi connectivity index (χ1n) is 3.08. The number of phosphoric ester groups is 1. The van der Waals surface area contributed by atoms with Gasteiger partial charge in [-0.2, -0.15) is 0 Å². The molecule has 0 aliphatic rings.